The summed E-state index contributed by atoms with van der Waals surface area (Å²) in [4.78, 5) is 26.7. The number of methoxy groups -OCH3 is 1. The van der Waals surface area contributed by atoms with Gasteiger partial charge in [0.05, 0.1) is 18.3 Å². The molecule has 2 N–H and O–H groups in total. The highest BCUT2D eigenvalue weighted by molar-refractivity contribution is 6.62. The molecule has 3 rings (SSSR count). The van der Waals surface area contributed by atoms with E-state index in [1.54, 1.807) is 0 Å². The molecule has 1 aliphatic rings. The van der Waals surface area contributed by atoms with E-state index in [1.165, 1.54) is 14.0 Å². The molecule has 0 spiro atoms. The predicted octanol–water partition coefficient (Wildman–Crippen LogP) is 1.69. The second-order valence-corrected chi connectivity index (χ2v) is 8.19. The van der Waals surface area contributed by atoms with E-state index in [4.69, 9.17) is 14.0 Å². The van der Waals surface area contributed by atoms with Crippen molar-refractivity contribution in [1.29, 1.82) is 0 Å². The van der Waals surface area contributed by atoms with E-state index in [-0.39, 0.29) is 5.91 Å². The Morgan fingerprint density at radius 1 is 1.21 bits per heavy atom. The van der Waals surface area contributed by atoms with Gasteiger partial charge in [0.15, 0.2) is 0 Å². The van der Waals surface area contributed by atoms with Crippen LogP contribution in [0.2, 0.25) is 0 Å². The SMILES string of the molecule is COC(=O)C(Cc1c[nH]c2ccc(B3OC(C)(C)C(C)(C)O3)cc12)NC(C)=O. The van der Waals surface area contributed by atoms with Gasteiger partial charge in [-0.05, 0) is 44.8 Å². The van der Waals surface area contributed by atoms with Gasteiger partial charge in [0.2, 0.25) is 5.91 Å². The van der Waals surface area contributed by atoms with E-state index in [1.807, 2.05) is 52.1 Å². The molecule has 1 atom stereocenters. The molecular formula is C20H27BN2O5. The Kier molecular flexibility index (Phi) is 5.29. The maximum absolute atomic E-state index is 12.0. The molecule has 2 aromatic rings. The van der Waals surface area contributed by atoms with Crippen molar-refractivity contribution < 1.29 is 23.6 Å². The number of esters is 1. The fourth-order valence-electron chi connectivity index (χ4n) is 3.29. The number of fused-ring (bicyclic) bond motifs is 1. The van der Waals surface area contributed by atoms with Crippen LogP contribution in [0.4, 0.5) is 0 Å². The summed E-state index contributed by atoms with van der Waals surface area (Å²) in [6.07, 6.45) is 2.16. The van der Waals surface area contributed by atoms with Gasteiger partial charge in [-0.1, -0.05) is 12.1 Å². The molecule has 1 fully saturated rings. The van der Waals surface area contributed by atoms with Crippen LogP contribution in [0.3, 0.4) is 0 Å². The summed E-state index contributed by atoms with van der Waals surface area (Å²) in [5.41, 5.74) is 1.89. The molecule has 1 aromatic carbocycles. The molecule has 0 aliphatic carbocycles. The highest BCUT2D eigenvalue weighted by atomic mass is 16.7. The molecule has 150 valence electrons. The van der Waals surface area contributed by atoms with Crippen molar-refractivity contribution in [2.45, 2.75) is 58.3 Å². The van der Waals surface area contributed by atoms with E-state index in [9.17, 15) is 9.59 Å². The van der Waals surface area contributed by atoms with Gasteiger partial charge in [-0.3, -0.25) is 4.79 Å². The Balaban J connectivity index is 1.91. The summed E-state index contributed by atoms with van der Waals surface area (Å²) in [5.74, 6) is -0.764. The van der Waals surface area contributed by atoms with Gasteiger partial charge < -0.3 is 24.3 Å². The molecule has 0 radical (unpaired) electrons. The average Bonchev–Trinajstić information content (AvgIpc) is 3.10. The van der Waals surface area contributed by atoms with Crippen LogP contribution < -0.4 is 10.8 Å². The average molecular weight is 386 g/mol. The highest BCUT2D eigenvalue weighted by Crippen LogP contribution is 2.36. The van der Waals surface area contributed by atoms with Gasteiger partial charge in [-0.15, -0.1) is 0 Å². The number of carbonyl (C=O) groups is 2. The summed E-state index contributed by atoms with van der Waals surface area (Å²) in [6, 6.07) is 5.19. The Labute approximate surface area is 165 Å². The number of H-pyrrole nitrogens is 1. The topological polar surface area (TPSA) is 89.7 Å². The van der Waals surface area contributed by atoms with Crippen molar-refractivity contribution in [2.24, 2.45) is 0 Å². The van der Waals surface area contributed by atoms with Gasteiger partial charge in [-0.2, -0.15) is 0 Å². The van der Waals surface area contributed by atoms with E-state index in [2.05, 4.69) is 10.3 Å². The Bertz CT molecular complexity index is 889. The molecule has 1 unspecified atom stereocenters. The summed E-state index contributed by atoms with van der Waals surface area (Å²) >= 11 is 0. The number of nitrogens with one attached hydrogen (secondary N) is 2. The Morgan fingerprint density at radius 3 is 2.43 bits per heavy atom. The van der Waals surface area contributed by atoms with E-state index in [0.29, 0.717) is 6.42 Å². The van der Waals surface area contributed by atoms with Crippen molar-refractivity contribution in [1.82, 2.24) is 10.3 Å². The summed E-state index contributed by atoms with van der Waals surface area (Å²) in [5, 5.41) is 3.60. The first-order valence-electron chi connectivity index (χ1n) is 9.34. The second-order valence-electron chi connectivity index (χ2n) is 8.19. The van der Waals surface area contributed by atoms with Crippen LogP contribution in [0, 0.1) is 0 Å². The Hall–Kier alpha value is -2.32. The number of aromatic nitrogens is 1. The molecule has 28 heavy (non-hydrogen) atoms. The minimum absolute atomic E-state index is 0.284. The van der Waals surface area contributed by atoms with Gasteiger partial charge in [0.1, 0.15) is 6.04 Å². The van der Waals surface area contributed by atoms with Gasteiger partial charge in [-0.25, -0.2) is 4.79 Å². The van der Waals surface area contributed by atoms with Crippen LogP contribution in [-0.2, 0) is 30.1 Å². The lowest BCUT2D eigenvalue weighted by Crippen LogP contribution is -2.42. The predicted molar refractivity (Wildman–Crippen MR) is 107 cm³/mol. The summed E-state index contributed by atoms with van der Waals surface area (Å²) in [6.45, 7) is 9.44. The minimum Gasteiger partial charge on any atom is -0.467 e. The lowest BCUT2D eigenvalue weighted by molar-refractivity contribution is -0.144. The second kappa shape index (κ2) is 7.26. The van der Waals surface area contributed by atoms with Crippen molar-refractivity contribution in [2.75, 3.05) is 7.11 Å². The lowest BCUT2D eigenvalue weighted by Gasteiger charge is -2.32. The van der Waals surface area contributed by atoms with E-state index in [0.717, 1.165) is 21.9 Å². The van der Waals surface area contributed by atoms with Crippen LogP contribution >= 0.6 is 0 Å². The van der Waals surface area contributed by atoms with Crippen molar-refractivity contribution >= 4 is 35.4 Å². The first kappa shape index (κ1) is 20.4. The van der Waals surface area contributed by atoms with Crippen LogP contribution in [0.1, 0.15) is 40.2 Å². The molecule has 1 saturated heterocycles. The molecule has 8 heteroatoms. The monoisotopic (exact) mass is 386 g/mol. The number of carbonyl (C=O) groups excluding carboxylic acids is 2. The summed E-state index contributed by atoms with van der Waals surface area (Å²) < 4.78 is 17.1. The highest BCUT2D eigenvalue weighted by Gasteiger charge is 2.51. The fourth-order valence-corrected chi connectivity index (χ4v) is 3.29. The van der Waals surface area contributed by atoms with E-state index >= 15 is 0 Å². The van der Waals surface area contributed by atoms with Gasteiger partial charge >= 0.3 is 13.1 Å². The van der Waals surface area contributed by atoms with Crippen molar-refractivity contribution in [3.8, 4) is 0 Å². The molecule has 7 nitrogen and oxygen atoms in total. The molecule has 1 aromatic heterocycles. The standard InChI is InChI=1S/C20H27BN2O5/c1-12(24)23-17(18(25)26-6)9-13-11-22-16-8-7-14(10-15(13)16)21-27-19(2,3)20(4,5)28-21/h7-8,10-11,17,22H,9H2,1-6H3,(H,23,24). The zero-order chi connectivity index (χ0) is 20.7. The minimum atomic E-state index is -0.748. The molecule has 0 saturated carbocycles. The molecular weight excluding hydrogens is 359 g/mol. The third kappa shape index (κ3) is 3.79. The number of rotatable bonds is 5. The summed E-state index contributed by atoms with van der Waals surface area (Å²) in [7, 11) is 0.840. The maximum Gasteiger partial charge on any atom is 0.494 e. The number of hydrogen-bond donors (Lipinski definition) is 2. The number of ether oxygens (including phenoxy) is 1. The zero-order valence-corrected chi connectivity index (χ0v) is 17.2. The van der Waals surface area contributed by atoms with Crippen LogP contribution in [-0.4, -0.2) is 48.3 Å². The molecule has 1 amide bonds. The molecule has 2 heterocycles. The van der Waals surface area contributed by atoms with Gasteiger partial charge in [0.25, 0.3) is 0 Å². The molecule has 1 aliphatic heterocycles. The van der Waals surface area contributed by atoms with Crippen LogP contribution in [0.15, 0.2) is 24.4 Å². The number of hydrogen-bond acceptors (Lipinski definition) is 5. The largest absolute Gasteiger partial charge is 0.494 e. The van der Waals surface area contributed by atoms with Crippen molar-refractivity contribution in [3.63, 3.8) is 0 Å². The lowest BCUT2D eigenvalue weighted by atomic mass is 9.78. The third-order valence-electron chi connectivity index (χ3n) is 5.60. The first-order chi connectivity index (χ1) is 13.0. The fraction of sp³-hybridized carbons (Fsp3) is 0.500. The Morgan fingerprint density at radius 2 is 1.86 bits per heavy atom. The smallest absolute Gasteiger partial charge is 0.467 e. The normalized spacial score (nSPS) is 18.9. The third-order valence-corrected chi connectivity index (χ3v) is 5.60. The zero-order valence-electron chi connectivity index (χ0n) is 17.2. The number of aromatic amines is 1. The van der Waals surface area contributed by atoms with Crippen molar-refractivity contribution in [3.05, 3.63) is 30.0 Å². The van der Waals surface area contributed by atoms with E-state index < -0.39 is 30.3 Å². The van der Waals surface area contributed by atoms with Gasteiger partial charge in [0, 0.05) is 30.4 Å². The number of benzene rings is 1. The van der Waals surface area contributed by atoms with Crippen LogP contribution in [0.25, 0.3) is 10.9 Å². The number of amides is 1. The maximum atomic E-state index is 12.0. The van der Waals surface area contributed by atoms with Crippen LogP contribution in [0.5, 0.6) is 0 Å². The molecule has 0 bridgehead atoms. The first-order valence-corrected chi connectivity index (χ1v) is 9.34. The quantitative estimate of drug-likeness (QED) is 0.603.